The lowest BCUT2D eigenvalue weighted by atomic mass is 9.81. The van der Waals surface area contributed by atoms with Crippen LogP contribution in [0.2, 0.25) is 0 Å². The van der Waals surface area contributed by atoms with E-state index in [4.69, 9.17) is 22.4 Å². The molecule has 2 rings (SSSR count). The van der Waals surface area contributed by atoms with Crippen LogP contribution >= 0.6 is 11.6 Å². The normalized spacial score (nSPS) is 26.7. The SMILES string of the molecule is N=C1CC(Cl)C(c2ccccc2)CC1=N. The largest absolute Gasteiger partial charge is 0.303 e. The molecule has 1 fully saturated rings. The summed E-state index contributed by atoms with van der Waals surface area (Å²) in [5.74, 6) is 0.189. The number of rotatable bonds is 1. The number of hydrogen-bond acceptors (Lipinski definition) is 2. The summed E-state index contributed by atoms with van der Waals surface area (Å²) in [6, 6.07) is 10.0. The third kappa shape index (κ3) is 2.10. The van der Waals surface area contributed by atoms with Crippen LogP contribution in [-0.2, 0) is 0 Å². The van der Waals surface area contributed by atoms with Crippen LogP contribution in [0.1, 0.15) is 24.3 Å². The molecule has 15 heavy (non-hydrogen) atoms. The van der Waals surface area contributed by atoms with Gasteiger partial charge in [-0.15, -0.1) is 11.6 Å². The Morgan fingerprint density at radius 2 is 1.60 bits per heavy atom. The van der Waals surface area contributed by atoms with Crippen LogP contribution in [0.15, 0.2) is 30.3 Å². The molecule has 1 saturated carbocycles. The number of nitrogens with one attached hydrogen (secondary N) is 2. The molecule has 2 nitrogen and oxygen atoms in total. The fourth-order valence-corrected chi connectivity index (χ4v) is 2.35. The molecule has 0 radical (unpaired) electrons. The fourth-order valence-electron chi connectivity index (χ4n) is 1.96. The third-order valence-corrected chi connectivity index (χ3v) is 3.31. The van der Waals surface area contributed by atoms with Crippen molar-refractivity contribution in [3.63, 3.8) is 0 Å². The Bertz CT molecular complexity index is 386. The van der Waals surface area contributed by atoms with Crippen LogP contribution in [0.25, 0.3) is 0 Å². The monoisotopic (exact) mass is 220 g/mol. The minimum absolute atomic E-state index is 0.0472. The number of halogens is 1. The Morgan fingerprint density at radius 3 is 2.27 bits per heavy atom. The Labute approximate surface area is 94.3 Å². The van der Waals surface area contributed by atoms with E-state index in [1.807, 2.05) is 30.3 Å². The van der Waals surface area contributed by atoms with Gasteiger partial charge in [0.15, 0.2) is 0 Å². The summed E-state index contributed by atoms with van der Waals surface area (Å²) in [6.45, 7) is 0. The highest BCUT2D eigenvalue weighted by atomic mass is 35.5. The molecule has 2 atom stereocenters. The van der Waals surface area contributed by atoms with Gasteiger partial charge in [-0.25, -0.2) is 0 Å². The van der Waals surface area contributed by atoms with Crippen molar-refractivity contribution in [2.24, 2.45) is 0 Å². The van der Waals surface area contributed by atoms with Gasteiger partial charge in [0, 0.05) is 17.7 Å². The first kappa shape index (κ1) is 10.4. The van der Waals surface area contributed by atoms with Crippen LogP contribution in [-0.4, -0.2) is 16.8 Å². The average molecular weight is 221 g/mol. The molecule has 2 N–H and O–H groups in total. The van der Waals surface area contributed by atoms with Gasteiger partial charge in [-0.05, 0) is 12.0 Å². The first-order valence-corrected chi connectivity index (χ1v) is 5.46. The third-order valence-electron chi connectivity index (χ3n) is 2.85. The summed E-state index contributed by atoms with van der Waals surface area (Å²) >= 11 is 6.24. The molecule has 3 heteroatoms. The van der Waals surface area contributed by atoms with Crippen molar-refractivity contribution in [3.8, 4) is 0 Å². The number of hydrogen-bond donors (Lipinski definition) is 2. The first-order valence-electron chi connectivity index (χ1n) is 5.02. The van der Waals surface area contributed by atoms with Crippen LogP contribution < -0.4 is 0 Å². The number of alkyl halides is 1. The van der Waals surface area contributed by atoms with E-state index in [9.17, 15) is 0 Å². The number of benzene rings is 1. The molecule has 1 aromatic carbocycles. The van der Waals surface area contributed by atoms with Crippen molar-refractivity contribution in [2.75, 3.05) is 0 Å². The molecule has 0 saturated heterocycles. The molecule has 0 spiro atoms. The zero-order valence-corrected chi connectivity index (χ0v) is 9.09. The molecular formula is C12H13ClN2. The molecule has 1 aromatic rings. The van der Waals surface area contributed by atoms with Gasteiger partial charge in [0.05, 0.1) is 11.4 Å². The smallest absolute Gasteiger partial charge is 0.0536 e. The highest BCUT2D eigenvalue weighted by Crippen LogP contribution is 2.33. The molecular weight excluding hydrogens is 208 g/mol. The molecule has 1 aliphatic rings. The highest BCUT2D eigenvalue weighted by Gasteiger charge is 2.30. The second-order valence-electron chi connectivity index (χ2n) is 3.90. The van der Waals surface area contributed by atoms with Gasteiger partial charge in [-0.2, -0.15) is 0 Å². The van der Waals surface area contributed by atoms with Crippen molar-refractivity contribution in [2.45, 2.75) is 24.1 Å². The van der Waals surface area contributed by atoms with Gasteiger partial charge in [0.1, 0.15) is 0 Å². The molecule has 1 aliphatic carbocycles. The summed E-state index contributed by atoms with van der Waals surface area (Å²) < 4.78 is 0. The minimum atomic E-state index is -0.0472. The fraction of sp³-hybridized carbons (Fsp3) is 0.333. The Balaban J connectivity index is 2.23. The summed E-state index contributed by atoms with van der Waals surface area (Å²) in [7, 11) is 0. The molecule has 2 unspecified atom stereocenters. The molecule has 0 heterocycles. The second kappa shape index (κ2) is 4.15. The van der Waals surface area contributed by atoms with E-state index in [0.717, 1.165) is 0 Å². The van der Waals surface area contributed by atoms with Crippen molar-refractivity contribution >= 4 is 23.0 Å². The van der Waals surface area contributed by atoms with Gasteiger partial charge < -0.3 is 10.8 Å². The van der Waals surface area contributed by atoms with Gasteiger partial charge in [0.2, 0.25) is 0 Å². The quantitative estimate of drug-likeness (QED) is 0.683. The molecule has 0 aliphatic heterocycles. The Morgan fingerprint density at radius 1 is 1.00 bits per heavy atom. The summed E-state index contributed by atoms with van der Waals surface area (Å²) in [6.07, 6.45) is 1.11. The van der Waals surface area contributed by atoms with Crippen molar-refractivity contribution in [1.82, 2.24) is 0 Å². The Hall–Kier alpha value is -1.15. The van der Waals surface area contributed by atoms with E-state index < -0.39 is 0 Å². The highest BCUT2D eigenvalue weighted by molar-refractivity contribution is 6.42. The van der Waals surface area contributed by atoms with Crippen molar-refractivity contribution < 1.29 is 0 Å². The van der Waals surface area contributed by atoms with Gasteiger partial charge >= 0.3 is 0 Å². The maximum atomic E-state index is 7.68. The van der Waals surface area contributed by atoms with E-state index in [1.54, 1.807) is 0 Å². The molecule has 78 valence electrons. The van der Waals surface area contributed by atoms with Crippen molar-refractivity contribution in [3.05, 3.63) is 35.9 Å². The van der Waals surface area contributed by atoms with Gasteiger partial charge in [-0.1, -0.05) is 30.3 Å². The average Bonchev–Trinajstić information content (AvgIpc) is 2.25. The zero-order chi connectivity index (χ0) is 10.8. The summed E-state index contributed by atoms with van der Waals surface area (Å²) in [5.41, 5.74) is 2.00. The van der Waals surface area contributed by atoms with Crippen LogP contribution in [0.5, 0.6) is 0 Å². The molecule has 0 amide bonds. The lowest BCUT2D eigenvalue weighted by molar-refractivity contribution is 0.658. The van der Waals surface area contributed by atoms with Gasteiger partial charge in [-0.3, -0.25) is 0 Å². The maximum Gasteiger partial charge on any atom is 0.0536 e. The van der Waals surface area contributed by atoms with Gasteiger partial charge in [0.25, 0.3) is 0 Å². The van der Waals surface area contributed by atoms with E-state index in [2.05, 4.69) is 0 Å². The topological polar surface area (TPSA) is 47.7 Å². The van der Waals surface area contributed by atoms with E-state index in [1.165, 1.54) is 5.56 Å². The van der Waals surface area contributed by atoms with Crippen molar-refractivity contribution in [1.29, 1.82) is 10.8 Å². The van der Waals surface area contributed by atoms with Crippen LogP contribution in [0.4, 0.5) is 0 Å². The van der Waals surface area contributed by atoms with E-state index in [0.29, 0.717) is 24.3 Å². The minimum Gasteiger partial charge on any atom is -0.303 e. The first-order chi connectivity index (χ1) is 7.18. The summed E-state index contributed by atoms with van der Waals surface area (Å²) in [5, 5.41) is 15.2. The van der Waals surface area contributed by atoms with Crippen LogP contribution in [0, 0.1) is 10.8 Å². The maximum absolute atomic E-state index is 7.68. The lowest BCUT2D eigenvalue weighted by Gasteiger charge is -2.28. The molecule has 0 aromatic heterocycles. The Kier molecular flexibility index (Phi) is 2.87. The second-order valence-corrected chi connectivity index (χ2v) is 4.46. The van der Waals surface area contributed by atoms with E-state index in [-0.39, 0.29) is 11.3 Å². The standard InChI is InChI=1S/C12H13ClN2/c13-10-7-12(15)11(14)6-9(10)8-4-2-1-3-5-8/h1-5,9-10,14-15H,6-7H2. The summed E-state index contributed by atoms with van der Waals surface area (Å²) in [4.78, 5) is 0. The predicted octanol–water partition coefficient (Wildman–Crippen LogP) is 3.21. The zero-order valence-electron chi connectivity index (χ0n) is 8.33. The van der Waals surface area contributed by atoms with E-state index >= 15 is 0 Å². The predicted molar refractivity (Wildman–Crippen MR) is 63.5 cm³/mol. The lowest BCUT2D eigenvalue weighted by Crippen LogP contribution is -2.30. The molecule has 0 bridgehead atoms. The van der Waals surface area contributed by atoms with Crippen LogP contribution in [0.3, 0.4) is 0 Å².